The van der Waals surface area contributed by atoms with Crippen LogP contribution in [-0.2, 0) is 4.74 Å². The lowest BCUT2D eigenvalue weighted by Gasteiger charge is -2.31. The SMILES string of the molecule is Cc1cc2c(N(CCO)[C@@H]3CCO[C@H]3C)ncnc2s1. The van der Waals surface area contributed by atoms with E-state index in [1.54, 1.807) is 17.7 Å². The number of anilines is 1. The molecule has 2 aromatic rings. The summed E-state index contributed by atoms with van der Waals surface area (Å²) < 4.78 is 5.67. The molecule has 0 spiro atoms. The zero-order valence-corrected chi connectivity index (χ0v) is 12.6. The van der Waals surface area contributed by atoms with Crippen LogP contribution in [-0.4, -0.2) is 47.0 Å². The fraction of sp³-hybridized carbons (Fsp3) is 0.571. The van der Waals surface area contributed by atoms with Crippen LogP contribution in [0.2, 0.25) is 0 Å². The third kappa shape index (κ3) is 2.39. The number of aliphatic hydroxyl groups excluding tert-OH is 1. The maximum Gasteiger partial charge on any atom is 0.141 e. The number of aliphatic hydroxyl groups is 1. The molecule has 0 amide bonds. The van der Waals surface area contributed by atoms with Gasteiger partial charge in [-0.3, -0.25) is 0 Å². The molecule has 0 bridgehead atoms. The van der Waals surface area contributed by atoms with Crippen LogP contribution in [0.15, 0.2) is 12.4 Å². The smallest absolute Gasteiger partial charge is 0.141 e. The van der Waals surface area contributed by atoms with Gasteiger partial charge in [0.05, 0.1) is 24.1 Å². The third-order valence-electron chi connectivity index (χ3n) is 3.78. The zero-order chi connectivity index (χ0) is 14.1. The summed E-state index contributed by atoms with van der Waals surface area (Å²) in [6.45, 7) is 5.61. The van der Waals surface area contributed by atoms with Crippen LogP contribution in [0.5, 0.6) is 0 Å². The van der Waals surface area contributed by atoms with Gasteiger partial charge in [-0.1, -0.05) is 0 Å². The van der Waals surface area contributed by atoms with Gasteiger partial charge in [0.15, 0.2) is 0 Å². The van der Waals surface area contributed by atoms with Crippen molar-refractivity contribution in [3.63, 3.8) is 0 Å². The van der Waals surface area contributed by atoms with Gasteiger partial charge in [0.1, 0.15) is 17.0 Å². The molecule has 3 rings (SSSR count). The van der Waals surface area contributed by atoms with E-state index in [0.29, 0.717) is 6.54 Å². The van der Waals surface area contributed by atoms with Crippen molar-refractivity contribution in [1.82, 2.24) is 9.97 Å². The van der Waals surface area contributed by atoms with Gasteiger partial charge in [-0.25, -0.2) is 9.97 Å². The Labute approximate surface area is 122 Å². The molecule has 6 heteroatoms. The van der Waals surface area contributed by atoms with Crippen LogP contribution in [0.1, 0.15) is 18.2 Å². The van der Waals surface area contributed by atoms with Gasteiger partial charge in [-0.05, 0) is 26.3 Å². The second kappa shape index (κ2) is 5.63. The first-order chi connectivity index (χ1) is 9.70. The molecule has 20 heavy (non-hydrogen) atoms. The molecule has 3 heterocycles. The number of aryl methyl sites for hydroxylation is 1. The number of nitrogens with zero attached hydrogens (tertiary/aromatic N) is 3. The molecule has 0 unspecified atom stereocenters. The molecular formula is C14H19N3O2S. The summed E-state index contributed by atoms with van der Waals surface area (Å²) in [5, 5.41) is 10.5. The number of hydrogen-bond donors (Lipinski definition) is 1. The molecule has 0 aromatic carbocycles. The topological polar surface area (TPSA) is 58.5 Å². The lowest BCUT2D eigenvalue weighted by atomic mass is 10.1. The standard InChI is InChI=1S/C14H19N3O2S/c1-9-7-11-13(15-8-16-14(11)20-9)17(4-5-18)12-3-6-19-10(12)2/h7-8,10,12,18H,3-6H2,1-2H3/t10-,12+/m0/s1. The van der Waals surface area contributed by atoms with E-state index < -0.39 is 0 Å². The molecule has 2 atom stereocenters. The predicted octanol–water partition coefficient (Wildman–Crippen LogP) is 1.98. The van der Waals surface area contributed by atoms with Gasteiger partial charge in [0, 0.05) is 18.0 Å². The highest BCUT2D eigenvalue weighted by atomic mass is 32.1. The van der Waals surface area contributed by atoms with Gasteiger partial charge in [-0.15, -0.1) is 11.3 Å². The van der Waals surface area contributed by atoms with Gasteiger partial charge < -0.3 is 14.7 Å². The largest absolute Gasteiger partial charge is 0.395 e. The maximum absolute atomic E-state index is 9.40. The fourth-order valence-corrected chi connectivity index (χ4v) is 3.70. The van der Waals surface area contributed by atoms with Gasteiger partial charge in [-0.2, -0.15) is 0 Å². The average molecular weight is 293 g/mol. The summed E-state index contributed by atoms with van der Waals surface area (Å²) in [4.78, 5) is 13.2. The van der Waals surface area contributed by atoms with Crippen molar-refractivity contribution < 1.29 is 9.84 Å². The summed E-state index contributed by atoms with van der Waals surface area (Å²) in [5.41, 5.74) is 0. The fourth-order valence-electron chi connectivity index (χ4n) is 2.86. The Morgan fingerprint density at radius 2 is 2.35 bits per heavy atom. The minimum absolute atomic E-state index is 0.109. The maximum atomic E-state index is 9.40. The molecule has 1 N–H and O–H groups in total. The Hall–Kier alpha value is -1.24. The monoisotopic (exact) mass is 293 g/mol. The van der Waals surface area contributed by atoms with Crippen molar-refractivity contribution in [1.29, 1.82) is 0 Å². The van der Waals surface area contributed by atoms with E-state index in [9.17, 15) is 5.11 Å². The van der Waals surface area contributed by atoms with E-state index in [0.717, 1.165) is 29.1 Å². The molecule has 108 valence electrons. The van der Waals surface area contributed by atoms with Crippen LogP contribution in [0.4, 0.5) is 5.82 Å². The number of aromatic nitrogens is 2. The number of thiophene rings is 1. The molecule has 0 aliphatic carbocycles. The Morgan fingerprint density at radius 3 is 3.05 bits per heavy atom. The van der Waals surface area contributed by atoms with Crippen molar-refractivity contribution in [3.8, 4) is 0 Å². The van der Waals surface area contributed by atoms with Crippen molar-refractivity contribution in [2.45, 2.75) is 32.4 Å². The second-order valence-corrected chi connectivity index (χ2v) is 6.36. The highest BCUT2D eigenvalue weighted by Gasteiger charge is 2.31. The van der Waals surface area contributed by atoms with Crippen LogP contribution in [0.25, 0.3) is 10.2 Å². The second-order valence-electron chi connectivity index (χ2n) is 5.12. The Balaban J connectivity index is 2.04. The van der Waals surface area contributed by atoms with E-state index in [2.05, 4.69) is 34.8 Å². The summed E-state index contributed by atoms with van der Waals surface area (Å²) in [6.07, 6.45) is 2.74. The highest BCUT2D eigenvalue weighted by molar-refractivity contribution is 7.18. The molecule has 1 aliphatic heterocycles. The summed E-state index contributed by atoms with van der Waals surface area (Å²) in [6, 6.07) is 2.39. The van der Waals surface area contributed by atoms with E-state index in [1.165, 1.54) is 4.88 Å². The van der Waals surface area contributed by atoms with Gasteiger partial charge in [0.25, 0.3) is 0 Å². The van der Waals surface area contributed by atoms with Crippen LogP contribution in [0.3, 0.4) is 0 Å². The van der Waals surface area contributed by atoms with Crippen LogP contribution in [0, 0.1) is 6.92 Å². The van der Waals surface area contributed by atoms with Gasteiger partial charge >= 0.3 is 0 Å². The van der Waals surface area contributed by atoms with Crippen LogP contribution >= 0.6 is 11.3 Å². The first-order valence-electron chi connectivity index (χ1n) is 6.91. The van der Waals surface area contributed by atoms with Gasteiger partial charge in [0.2, 0.25) is 0 Å². The number of hydrogen-bond acceptors (Lipinski definition) is 6. The number of ether oxygens (including phenoxy) is 1. The molecule has 1 aliphatic rings. The molecule has 2 aromatic heterocycles. The number of rotatable bonds is 4. The Kier molecular flexibility index (Phi) is 3.87. The molecule has 0 radical (unpaired) electrons. The van der Waals surface area contributed by atoms with E-state index in [4.69, 9.17) is 4.74 Å². The lowest BCUT2D eigenvalue weighted by molar-refractivity contribution is 0.117. The average Bonchev–Trinajstić information content (AvgIpc) is 3.00. The molecule has 5 nitrogen and oxygen atoms in total. The number of fused-ring (bicyclic) bond motifs is 1. The molecule has 1 saturated heterocycles. The minimum Gasteiger partial charge on any atom is -0.395 e. The summed E-state index contributed by atoms with van der Waals surface area (Å²) in [7, 11) is 0. The predicted molar refractivity (Wildman–Crippen MR) is 80.4 cm³/mol. The van der Waals surface area contributed by atoms with E-state index >= 15 is 0 Å². The molecule has 1 fully saturated rings. The quantitative estimate of drug-likeness (QED) is 0.934. The van der Waals surface area contributed by atoms with E-state index in [-0.39, 0.29) is 18.8 Å². The Bertz CT molecular complexity index is 601. The third-order valence-corrected chi connectivity index (χ3v) is 4.74. The molecule has 0 saturated carbocycles. The lowest BCUT2D eigenvalue weighted by Crippen LogP contribution is -2.42. The zero-order valence-electron chi connectivity index (χ0n) is 11.7. The minimum atomic E-state index is 0.109. The van der Waals surface area contributed by atoms with E-state index in [1.807, 2.05) is 0 Å². The Morgan fingerprint density at radius 1 is 1.50 bits per heavy atom. The highest BCUT2D eigenvalue weighted by Crippen LogP contribution is 2.32. The first-order valence-corrected chi connectivity index (χ1v) is 7.72. The normalized spacial score (nSPS) is 22.6. The van der Waals surface area contributed by atoms with Crippen molar-refractivity contribution >= 4 is 27.4 Å². The van der Waals surface area contributed by atoms with Crippen LogP contribution < -0.4 is 4.90 Å². The van der Waals surface area contributed by atoms with Crippen molar-refractivity contribution in [2.24, 2.45) is 0 Å². The summed E-state index contributed by atoms with van der Waals surface area (Å²) >= 11 is 1.67. The van der Waals surface area contributed by atoms with Crippen molar-refractivity contribution in [2.75, 3.05) is 24.7 Å². The summed E-state index contributed by atoms with van der Waals surface area (Å²) in [5.74, 6) is 0.913. The first kappa shape index (κ1) is 13.7. The van der Waals surface area contributed by atoms with Crippen molar-refractivity contribution in [3.05, 3.63) is 17.3 Å². The molecular weight excluding hydrogens is 274 g/mol.